The highest BCUT2D eigenvalue weighted by Crippen LogP contribution is 2.47. The summed E-state index contributed by atoms with van der Waals surface area (Å²) in [5, 5.41) is 0.0918. The van der Waals surface area contributed by atoms with Gasteiger partial charge in [-0.25, -0.2) is 13.1 Å². The third-order valence-electron chi connectivity index (χ3n) is 11.6. The second-order valence-electron chi connectivity index (χ2n) is 15.0. The van der Waals surface area contributed by atoms with E-state index in [9.17, 15) is 13.2 Å². The number of anilines is 1. The molecule has 48 heavy (non-hydrogen) atoms. The molecule has 260 valence electrons. The number of halogens is 1. The van der Waals surface area contributed by atoms with E-state index in [2.05, 4.69) is 33.9 Å². The Morgan fingerprint density at radius 3 is 2.73 bits per heavy atom. The Bertz CT molecular complexity index is 1640. The summed E-state index contributed by atoms with van der Waals surface area (Å²) in [5.41, 5.74) is 3.48. The lowest BCUT2D eigenvalue weighted by atomic mass is 9.68. The Balaban J connectivity index is 1.28. The number of aryl methyl sites for hydroxylation is 1. The lowest BCUT2D eigenvalue weighted by Crippen LogP contribution is -2.49. The van der Waals surface area contributed by atoms with Crippen LogP contribution in [0.25, 0.3) is 0 Å². The van der Waals surface area contributed by atoms with Crippen LogP contribution in [0.4, 0.5) is 5.69 Å². The van der Waals surface area contributed by atoms with Crippen molar-refractivity contribution in [3.05, 3.63) is 70.3 Å². The van der Waals surface area contributed by atoms with Gasteiger partial charge in [0.05, 0.1) is 36.9 Å². The Morgan fingerprint density at radius 2 is 1.96 bits per heavy atom. The first-order valence-corrected chi connectivity index (χ1v) is 19.7. The molecule has 5 aliphatic rings. The average Bonchev–Trinajstić information content (AvgIpc) is 3.88. The van der Waals surface area contributed by atoms with Crippen LogP contribution in [0.5, 0.6) is 5.75 Å². The zero-order valence-electron chi connectivity index (χ0n) is 28.2. The van der Waals surface area contributed by atoms with Crippen molar-refractivity contribution in [3.8, 4) is 5.75 Å². The van der Waals surface area contributed by atoms with Crippen LogP contribution in [-0.4, -0.2) is 65.7 Å². The smallest absolute Gasteiger partial charge is 0.264 e. The third kappa shape index (κ3) is 7.03. The summed E-state index contributed by atoms with van der Waals surface area (Å²) in [7, 11) is -2.24. The van der Waals surface area contributed by atoms with Gasteiger partial charge in [0.15, 0.2) is 0 Å². The highest BCUT2D eigenvalue weighted by molar-refractivity contribution is 7.90. The highest BCUT2D eigenvalue weighted by Gasteiger charge is 2.45. The topological polar surface area (TPSA) is 94.2 Å². The van der Waals surface area contributed by atoms with Crippen molar-refractivity contribution in [2.24, 2.45) is 23.7 Å². The standard InChI is InChI=1S/C38H49ClN2O6S/c1-25-5-3-7-34(46-18-17-45-2)31-13-10-29(31)22-41-23-38(16-4-6-27-20-30(39)12-14-32(27)38)24-47-35-15-11-28(21-33(35)41)37(42)40-48(43,44)36(25)19-26-8-9-26/h3,7,11-12,14-15,20-21,25-26,29,31,34,36H,4-6,8-10,13,16-19,22-24H2,1-2H3,(H,40,42)/b7-3+/t25?,29?,31?,34?,36?,38-/m0/s1. The molecular weight excluding hydrogens is 648 g/mol. The number of nitrogens with one attached hydrogen (secondary N) is 1. The second-order valence-corrected chi connectivity index (χ2v) is 17.3. The van der Waals surface area contributed by atoms with Crippen molar-refractivity contribution in [1.29, 1.82) is 0 Å². The number of amides is 1. The monoisotopic (exact) mass is 696 g/mol. The molecule has 2 bridgehead atoms. The van der Waals surface area contributed by atoms with E-state index >= 15 is 0 Å². The first kappa shape index (κ1) is 33.9. The Morgan fingerprint density at radius 1 is 1.10 bits per heavy atom. The maximum absolute atomic E-state index is 13.9. The molecule has 2 fully saturated rings. The number of methoxy groups -OCH3 is 1. The fourth-order valence-electron chi connectivity index (χ4n) is 8.57. The molecule has 3 aliphatic carbocycles. The average molecular weight is 697 g/mol. The summed E-state index contributed by atoms with van der Waals surface area (Å²) in [4.78, 5) is 16.1. The van der Waals surface area contributed by atoms with E-state index in [1.165, 1.54) is 11.1 Å². The first-order chi connectivity index (χ1) is 23.2. The van der Waals surface area contributed by atoms with Gasteiger partial charge in [0.2, 0.25) is 10.0 Å². The minimum Gasteiger partial charge on any atom is -0.490 e. The molecule has 2 saturated carbocycles. The van der Waals surface area contributed by atoms with Crippen molar-refractivity contribution >= 4 is 33.2 Å². The quantitative estimate of drug-likeness (QED) is 0.266. The molecule has 7 rings (SSSR count). The number of benzene rings is 2. The number of allylic oxidation sites excluding steroid dienone is 1. The summed E-state index contributed by atoms with van der Waals surface area (Å²) in [6.07, 6.45) is 12.6. The molecule has 5 unspecified atom stereocenters. The van der Waals surface area contributed by atoms with E-state index in [1.54, 1.807) is 13.2 Å². The number of carbonyl (C=O) groups excluding carboxylic acids is 1. The zero-order valence-corrected chi connectivity index (χ0v) is 29.7. The van der Waals surface area contributed by atoms with Crippen LogP contribution in [-0.2, 0) is 31.3 Å². The molecule has 0 radical (unpaired) electrons. The highest BCUT2D eigenvalue weighted by atomic mass is 35.5. The predicted molar refractivity (Wildman–Crippen MR) is 188 cm³/mol. The van der Waals surface area contributed by atoms with Gasteiger partial charge in [-0.15, -0.1) is 0 Å². The Kier molecular flexibility index (Phi) is 9.86. The van der Waals surface area contributed by atoms with Crippen LogP contribution in [0.3, 0.4) is 0 Å². The maximum Gasteiger partial charge on any atom is 0.264 e. The van der Waals surface area contributed by atoms with Crippen molar-refractivity contribution in [3.63, 3.8) is 0 Å². The van der Waals surface area contributed by atoms with Gasteiger partial charge in [0.1, 0.15) is 5.75 Å². The second kappa shape index (κ2) is 14.0. The van der Waals surface area contributed by atoms with Gasteiger partial charge in [-0.3, -0.25) is 4.79 Å². The van der Waals surface area contributed by atoms with E-state index in [-0.39, 0.29) is 17.4 Å². The molecule has 6 atom stereocenters. The van der Waals surface area contributed by atoms with Crippen molar-refractivity contribution in [2.75, 3.05) is 44.9 Å². The van der Waals surface area contributed by atoms with Crippen LogP contribution in [0.2, 0.25) is 5.02 Å². The molecule has 2 aromatic rings. The molecule has 0 aromatic heterocycles. The summed E-state index contributed by atoms with van der Waals surface area (Å²) in [6.45, 7) is 5.04. The van der Waals surface area contributed by atoms with E-state index in [0.29, 0.717) is 56.0 Å². The normalized spacial score (nSPS) is 32.2. The van der Waals surface area contributed by atoms with Gasteiger partial charge in [-0.05, 0) is 110 Å². The predicted octanol–water partition coefficient (Wildman–Crippen LogP) is 6.70. The van der Waals surface area contributed by atoms with E-state index < -0.39 is 21.2 Å². The fraction of sp³-hybridized carbons (Fsp3) is 0.605. The minimum absolute atomic E-state index is 0.0854. The first-order valence-electron chi connectivity index (χ1n) is 17.8. The van der Waals surface area contributed by atoms with Gasteiger partial charge in [0, 0.05) is 36.2 Å². The molecule has 2 aliphatic heterocycles. The number of rotatable bonds is 6. The van der Waals surface area contributed by atoms with Crippen LogP contribution in [0.1, 0.15) is 79.8 Å². The van der Waals surface area contributed by atoms with Gasteiger partial charge in [0.25, 0.3) is 5.91 Å². The van der Waals surface area contributed by atoms with Crippen LogP contribution in [0.15, 0.2) is 48.6 Å². The Labute approximate surface area is 290 Å². The van der Waals surface area contributed by atoms with Crippen LogP contribution < -0.4 is 14.4 Å². The maximum atomic E-state index is 13.9. The third-order valence-corrected chi connectivity index (χ3v) is 13.8. The molecule has 1 N–H and O–H groups in total. The molecule has 1 spiro atoms. The number of hydrogen-bond acceptors (Lipinski definition) is 7. The number of ether oxygens (including phenoxy) is 3. The van der Waals surface area contributed by atoms with Gasteiger partial charge in [-0.2, -0.15) is 0 Å². The molecule has 2 aromatic carbocycles. The number of sulfonamides is 1. The minimum atomic E-state index is -3.93. The molecule has 1 amide bonds. The van der Waals surface area contributed by atoms with Gasteiger partial charge < -0.3 is 19.1 Å². The molecule has 2 heterocycles. The largest absolute Gasteiger partial charge is 0.490 e. The van der Waals surface area contributed by atoms with Crippen molar-refractivity contribution < 1.29 is 27.4 Å². The lowest BCUT2D eigenvalue weighted by molar-refractivity contribution is -0.0309. The SMILES string of the molecule is COCCOC1/C=C/CC(C)C(CC2CC2)S(=O)(=O)NC(=O)c2ccc3c(c2)N(CC2CCC21)C[C@@]1(CCCc2cc(Cl)ccc21)CO3. The van der Waals surface area contributed by atoms with Gasteiger partial charge >= 0.3 is 0 Å². The summed E-state index contributed by atoms with van der Waals surface area (Å²) in [5.74, 6) is 1.07. The van der Waals surface area contributed by atoms with Crippen molar-refractivity contribution in [1.82, 2.24) is 4.72 Å². The molecule has 0 saturated heterocycles. The van der Waals surface area contributed by atoms with E-state index in [1.807, 2.05) is 25.1 Å². The van der Waals surface area contributed by atoms with Crippen LogP contribution >= 0.6 is 11.6 Å². The summed E-state index contributed by atoms with van der Waals surface area (Å²) >= 11 is 6.45. The molecule has 8 nitrogen and oxygen atoms in total. The summed E-state index contributed by atoms with van der Waals surface area (Å²) < 4.78 is 48.7. The summed E-state index contributed by atoms with van der Waals surface area (Å²) in [6, 6.07) is 11.6. The zero-order chi connectivity index (χ0) is 33.5. The van der Waals surface area contributed by atoms with Crippen molar-refractivity contribution in [2.45, 2.75) is 81.5 Å². The molecular formula is C38H49ClN2O6S. The number of nitrogens with zero attached hydrogens (tertiary/aromatic N) is 1. The number of carbonyl (C=O) groups is 1. The van der Waals surface area contributed by atoms with E-state index in [4.69, 9.17) is 25.8 Å². The van der Waals surface area contributed by atoms with Crippen LogP contribution in [0, 0.1) is 23.7 Å². The fourth-order valence-corrected chi connectivity index (χ4v) is 10.5. The Hall–Kier alpha value is -2.59. The lowest BCUT2D eigenvalue weighted by Gasteiger charge is -2.46. The molecule has 10 heteroatoms. The van der Waals surface area contributed by atoms with Gasteiger partial charge in [-0.1, -0.05) is 49.6 Å². The van der Waals surface area contributed by atoms with E-state index in [0.717, 1.165) is 74.5 Å². The number of fused-ring (bicyclic) bond motifs is 4. The number of hydrogen-bond donors (Lipinski definition) is 1.